The van der Waals surface area contributed by atoms with Gasteiger partial charge in [-0.05, 0) is 38.2 Å². The van der Waals surface area contributed by atoms with Gasteiger partial charge in [-0.2, -0.15) is 0 Å². The third kappa shape index (κ3) is 4.40. The van der Waals surface area contributed by atoms with Gasteiger partial charge in [0.05, 0.1) is 0 Å². The molecular weight excluding hydrogens is 360 g/mol. The molecule has 1 aromatic carbocycles. The Morgan fingerprint density at radius 2 is 1.75 bits per heavy atom. The molecule has 1 N–H and O–H groups in total. The number of ketones is 1. The number of urea groups is 1. The van der Waals surface area contributed by atoms with Crippen molar-refractivity contribution in [3.05, 3.63) is 35.4 Å². The van der Waals surface area contributed by atoms with Crippen LogP contribution in [0.3, 0.4) is 0 Å². The molecule has 1 aliphatic heterocycles. The van der Waals surface area contributed by atoms with E-state index in [2.05, 4.69) is 5.32 Å². The van der Waals surface area contributed by atoms with Crippen LogP contribution in [0.2, 0.25) is 0 Å². The highest BCUT2D eigenvalue weighted by Crippen LogP contribution is 2.32. The minimum atomic E-state index is -1.05. The number of carbonyl (C=O) groups is 4. The molecule has 0 atom stereocenters. The summed E-state index contributed by atoms with van der Waals surface area (Å²) in [6.45, 7) is 2.18. The van der Waals surface area contributed by atoms with Crippen LogP contribution < -0.4 is 5.32 Å². The van der Waals surface area contributed by atoms with Gasteiger partial charge in [-0.3, -0.25) is 19.3 Å². The van der Waals surface area contributed by atoms with E-state index in [1.807, 2.05) is 12.1 Å². The van der Waals surface area contributed by atoms with E-state index in [1.54, 1.807) is 26.0 Å². The fourth-order valence-electron chi connectivity index (χ4n) is 3.74. The molecule has 3 rings (SSSR count). The third-order valence-corrected chi connectivity index (χ3v) is 5.41. The summed E-state index contributed by atoms with van der Waals surface area (Å²) in [5, 5.41) is 2.48. The number of imide groups is 1. The maximum Gasteiger partial charge on any atom is 0.326 e. The number of carbonyl (C=O) groups excluding carboxylic acids is 4. The molecule has 0 spiro atoms. The second-order valence-corrected chi connectivity index (χ2v) is 7.99. The van der Waals surface area contributed by atoms with Crippen LogP contribution in [0.5, 0.6) is 0 Å². The molecule has 1 saturated carbocycles. The van der Waals surface area contributed by atoms with Crippen LogP contribution >= 0.6 is 0 Å². The van der Waals surface area contributed by atoms with Crippen LogP contribution in [0.25, 0.3) is 0 Å². The molecule has 2 fully saturated rings. The van der Waals surface area contributed by atoms with E-state index >= 15 is 0 Å². The van der Waals surface area contributed by atoms with Gasteiger partial charge in [-0.15, -0.1) is 0 Å². The largest absolute Gasteiger partial charge is 0.456 e. The van der Waals surface area contributed by atoms with Crippen LogP contribution in [-0.4, -0.2) is 47.3 Å². The summed E-state index contributed by atoms with van der Waals surface area (Å²) in [6, 6.07) is 6.83. The van der Waals surface area contributed by atoms with Gasteiger partial charge in [-0.1, -0.05) is 43.5 Å². The van der Waals surface area contributed by atoms with E-state index in [-0.39, 0.29) is 5.78 Å². The van der Waals surface area contributed by atoms with Gasteiger partial charge in [0.2, 0.25) is 0 Å². The van der Waals surface area contributed by atoms with Crippen molar-refractivity contribution in [2.45, 2.75) is 57.4 Å². The van der Waals surface area contributed by atoms with Gasteiger partial charge in [0.15, 0.2) is 12.4 Å². The lowest BCUT2D eigenvalue weighted by Crippen LogP contribution is -2.41. The van der Waals surface area contributed by atoms with Gasteiger partial charge in [0.1, 0.15) is 12.1 Å². The van der Waals surface area contributed by atoms with Gasteiger partial charge in [-0.25, -0.2) is 4.79 Å². The standard InChI is InChI=1S/C21H26N2O5/c1-21(2)19(26)23(20(27)22-21)12-18(25)28-13-17(24)16-10-8-15(9-11-16)14-6-4-3-5-7-14/h8-11,14H,3-7,12-13H2,1-2H3,(H,22,27). The quantitative estimate of drug-likeness (QED) is 0.461. The Balaban J connectivity index is 1.50. The number of amides is 3. The highest BCUT2D eigenvalue weighted by Gasteiger charge is 2.45. The van der Waals surface area contributed by atoms with E-state index in [9.17, 15) is 19.2 Å². The van der Waals surface area contributed by atoms with Crippen molar-refractivity contribution in [3.8, 4) is 0 Å². The van der Waals surface area contributed by atoms with Crippen molar-refractivity contribution in [2.24, 2.45) is 0 Å². The monoisotopic (exact) mass is 386 g/mol. The maximum absolute atomic E-state index is 12.3. The van der Waals surface area contributed by atoms with Gasteiger partial charge in [0, 0.05) is 5.56 Å². The van der Waals surface area contributed by atoms with Crippen LogP contribution in [-0.2, 0) is 14.3 Å². The van der Waals surface area contributed by atoms with Crippen molar-refractivity contribution in [1.82, 2.24) is 10.2 Å². The van der Waals surface area contributed by atoms with E-state index in [4.69, 9.17) is 4.74 Å². The topological polar surface area (TPSA) is 92.8 Å². The van der Waals surface area contributed by atoms with Crippen LogP contribution in [0, 0.1) is 0 Å². The first-order valence-corrected chi connectivity index (χ1v) is 9.71. The van der Waals surface area contributed by atoms with Crippen molar-refractivity contribution in [3.63, 3.8) is 0 Å². The molecule has 0 bridgehead atoms. The Morgan fingerprint density at radius 1 is 1.11 bits per heavy atom. The van der Waals surface area contributed by atoms with Gasteiger partial charge in [0.25, 0.3) is 5.91 Å². The van der Waals surface area contributed by atoms with Crippen molar-refractivity contribution >= 4 is 23.7 Å². The number of nitrogens with one attached hydrogen (secondary N) is 1. The molecule has 0 aromatic heterocycles. The van der Waals surface area contributed by atoms with Gasteiger partial charge >= 0.3 is 12.0 Å². The van der Waals surface area contributed by atoms with Crippen molar-refractivity contribution in [1.29, 1.82) is 0 Å². The molecule has 7 heteroatoms. The van der Waals surface area contributed by atoms with Gasteiger partial charge < -0.3 is 10.1 Å². The molecule has 1 aliphatic carbocycles. The Bertz CT molecular complexity index is 778. The third-order valence-electron chi connectivity index (χ3n) is 5.41. The number of benzene rings is 1. The first kappa shape index (κ1) is 20.0. The number of ether oxygens (including phenoxy) is 1. The molecule has 1 heterocycles. The Hall–Kier alpha value is -2.70. The zero-order valence-corrected chi connectivity index (χ0v) is 16.3. The minimum absolute atomic E-state index is 0.318. The molecular formula is C21H26N2O5. The Labute approximate surface area is 164 Å². The number of esters is 1. The molecule has 2 aliphatic rings. The number of Topliss-reactive ketones (excluding diaryl/α,β-unsaturated/α-hetero) is 1. The second-order valence-electron chi connectivity index (χ2n) is 7.99. The molecule has 1 aromatic rings. The lowest BCUT2D eigenvalue weighted by atomic mass is 9.84. The Morgan fingerprint density at radius 3 is 2.32 bits per heavy atom. The molecule has 150 valence electrons. The normalized spacial score (nSPS) is 19.4. The fourth-order valence-corrected chi connectivity index (χ4v) is 3.74. The Kier molecular flexibility index (Phi) is 5.82. The number of rotatable bonds is 6. The summed E-state index contributed by atoms with van der Waals surface area (Å²) in [5.41, 5.74) is 0.672. The summed E-state index contributed by atoms with van der Waals surface area (Å²) in [6.07, 6.45) is 6.15. The molecule has 1 saturated heterocycles. The zero-order chi connectivity index (χ0) is 20.3. The first-order chi connectivity index (χ1) is 13.3. The second kappa shape index (κ2) is 8.12. The lowest BCUT2D eigenvalue weighted by molar-refractivity contribution is -0.146. The van der Waals surface area contributed by atoms with Crippen LogP contribution in [0.4, 0.5) is 4.79 Å². The molecule has 0 radical (unpaired) electrons. The summed E-state index contributed by atoms with van der Waals surface area (Å²) < 4.78 is 4.97. The average molecular weight is 386 g/mol. The number of nitrogens with zero attached hydrogens (tertiary/aromatic N) is 1. The van der Waals surface area contributed by atoms with E-state index in [0.717, 1.165) is 4.90 Å². The summed E-state index contributed by atoms with van der Waals surface area (Å²) >= 11 is 0. The summed E-state index contributed by atoms with van der Waals surface area (Å²) in [4.78, 5) is 48.9. The predicted molar refractivity (Wildman–Crippen MR) is 102 cm³/mol. The molecule has 7 nitrogen and oxygen atoms in total. The SMILES string of the molecule is CC1(C)NC(=O)N(CC(=O)OCC(=O)c2ccc(C3CCCCC3)cc2)C1=O. The number of hydrogen-bond donors (Lipinski definition) is 1. The lowest BCUT2D eigenvalue weighted by Gasteiger charge is -2.22. The van der Waals surface area contributed by atoms with Crippen LogP contribution in [0.15, 0.2) is 24.3 Å². The van der Waals surface area contributed by atoms with Crippen molar-refractivity contribution in [2.75, 3.05) is 13.2 Å². The summed E-state index contributed by atoms with van der Waals surface area (Å²) in [5.74, 6) is -1.06. The van der Waals surface area contributed by atoms with E-state index in [1.165, 1.54) is 37.7 Å². The highest BCUT2D eigenvalue weighted by atomic mass is 16.5. The minimum Gasteiger partial charge on any atom is -0.456 e. The van der Waals surface area contributed by atoms with Crippen LogP contribution in [0.1, 0.15) is 67.8 Å². The first-order valence-electron chi connectivity index (χ1n) is 9.71. The van der Waals surface area contributed by atoms with Crippen molar-refractivity contribution < 1.29 is 23.9 Å². The number of hydrogen-bond acceptors (Lipinski definition) is 5. The highest BCUT2D eigenvalue weighted by molar-refractivity contribution is 6.08. The fraction of sp³-hybridized carbons (Fsp3) is 0.524. The molecule has 0 unspecified atom stereocenters. The zero-order valence-electron chi connectivity index (χ0n) is 16.3. The smallest absolute Gasteiger partial charge is 0.326 e. The van der Waals surface area contributed by atoms with E-state index in [0.29, 0.717) is 11.5 Å². The molecule has 28 heavy (non-hydrogen) atoms. The maximum atomic E-state index is 12.3. The molecule has 3 amide bonds. The average Bonchev–Trinajstić information content (AvgIpc) is 2.88. The summed E-state index contributed by atoms with van der Waals surface area (Å²) in [7, 11) is 0. The predicted octanol–water partition coefficient (Wildman–Crippen LogP) is 2.79. The van der Waals surface area contributed by atoms with E-state index < -0.39 is 36.6 Å².